The Labute approximate surface area is 89.6 Å². The average molecular weight is 198 g/mol. The zero-order valence-electron chi connectivity index (χ0n) is 8.60. The van der Waals surface area contributed by atoms with Gasteiger partial charge in [0, 0.05) is 11.9 Å². The topological polar surface area (TPSA) is 22.1 Å². The highest BCUT2D eigenvalue weighted by Crippen LogP contribution is 2.11. The third-order valence-corrected chi connectivity index (χ3v) is 2.05. The summed E-state index contributed by atoms with van der Waals surface area (Å²) in [7, 11) is 0. The van der Waals surface area contributed by atoms with Crippen molar-refractivity contribution in [1.82, 2.24) is 4.98 Å². The highest BCUT2D eigenvalue weighted by molar-refractivity contribution is 5.21. The Hall–Kier alpha value is -1.83. The minimum Gasteiger partial charge on any atom is -0.489 e. The van der Waals surface area contributed by atoms with E-state index < -0.39 is 0 Å². The molecule has 0 spiro atoms. The molecule has 0 bridgehead atoms. The van der Waals surface area contributed by atoms with Gasteiger partial charge in [-0.15, -0.1) is 0 Å². The van der Waals surface area contributed by atoms with Gasteiger partial charge in [-0.3, -0.25) is 4.98 Å². The van der Waals surface area contributed by atoms with E-state index in [0.29, 0.717) is 6.61 Å². The second-order valence-corrected chi connectivity index (χ2v) is 3.33. The summed E-state index contributed by atoms with van der Waals surface area (Å²) in [6.45, 7) is 2.55. The number of nitrogens with zero attached hydrogens (tertiary/aromatic N) is 1. The van der Waals surface area contributed by atoms with Crippen LogP contribution in [0.3, 0.4) is 0 Å². The minimum absolute atomic E-state index is 0.577. The van der Waals surface area contributed by atoms with Crippen LogP contribution >= 0.6 is 0 Å². The normalized spacial score (nSPS) is 9.93. The first-order valence-electron chi connectivity index (χ1n) is 4.85. The maximum atomic E-state index is 5.60. The molecule has 0 saturated carbocycles. The average Bonchev–Trinajstić information content (AvgIpc) is 2.28. The first kappa shape index (κ1) is 9.71. The van der Waals surface area contributed by atoms with Crippen LogP contribution in [0.25, 0.3) is 0 Å². The maximum absolute atomic E-state index is 5.60. The molecule has 1 aromatic carbocycles. The monoisotopic (exact) mass is 198 g/mol. The largest absolute Gasteiger partial charge is 0.489 e. The Balaban J connectivity index is 1.99. The van der Waals surface area contributed by atoms with Crippen LogP contribution in [-0.4, -0.2) is 4.98 Å². The Bertz CT molecular complexity index is 426. The second-order valence-electron chi connectivity index (χ2n) is 3.33. The van der Waals surface area contributed by atoms with Crippen molar-refractivity contribution in [3.63, 3.8) is 0 Å². The molecule has 1 heterocycles. The van der Waals surface area contributed by atoms with Crippen molar-refractivity contribution < 1.29 is 4.74 Å². The summed E-state index contributed by atoms with van der Waals surface area (Å²) in [5.41, 5.74) is 2.15. The van der Waals surface area contributed by atoms with Gasteiger partial charge in [0.2, 0.25) is 0 Å². The molecule has 75 valence electrons. The number of rotatable bonds is 3. The van der Waals surface area contributed by atoms with Crippen LogP contribution in [-0.2, 0) is 6.61 Å². The lowest BCUT2D eigenvalue weighted by atomic mass is 10.2. The molecule has 0 amide bonds. The molecule has 0 aliphatic heterocycles. The zero-order chi connectivity index (χ0) is 10.5. The summed E-state index contributed by atoms with van der Waals surface area (Å²) in [6.07, 6.45) is 1.80. The van der Waals surface area contributed by atoms with E-state index in [0.717, 1.165) is 17.0 Å². The van der Waals surface area contributed by atoms with E-state index in [9.17, 15) is 0 Å². The van der Waals surface area contributed by atoms with Crippen LogP contribution in [0.2, 0.25) is 0 Å². The Kier molecular flexibility index (Phi) is 2.98. The molecule has 2 nitrogen and oxygen atoms in total. The highest BCUT2D eigenvalue weighted by Gasteiger charge is 1.95. The van der Waals surface area contributed by atoms with Gasteiger partial charge in [-0.2, -0.15) is 0 Å². The van der Waals surface area contributed by atoms with E-state index >= 15 is 0 Å². The van der Waals surface area contributed by atoms with Gasteiger partial charge in [0.15, 0.2) is 0 Å². The van der Waals surface area contributed by atoms with Gasteiger partial charge in [-0.05, 0) is 42.8 Å². The van der Waals surface area contributed by atoms with Gasteiger partial charge in [0.1, 0.15) is 12.4 Å². The van der Waals surface area contributed by atoms with E-state index in [2.05, 4.69) is 11.1 Å². The Morgan fingerprint density at radius 1 is 1.27 bits per heavy atom. The van der Waals surface area contributed by atoms with Gasteiger partial charge in [-0.25, -0.2) is 0 Å². The first-order chi connectivity index (χ1) is 7.34. The van der Waals surface area contributed by atoms with Crippen LogP contribution in [0.15, 0.2) is 42.6 Å². The molecule has 0 aliphatic rings. The predicted molar refractivity (Wildman–Crippen MR) is 58.6 cm³/mol. The van der Waals surface area contributed by atoms with Crippen LogP contribution in [0.4, 0.5) is 0 Å². The fraction of sp³-hybridized carbons (Fsp3) is 0.154. The van der Waals surface area contributed by atoms with Crippen molar-refractivity contribution in [2.75, 3.05) is 0 Å². The lowest BCUT2D eigenvalue weighted by Crippen LogP contribution is -1.96. The third kappa shape index (κ3) is 2.81. The van der Waals surface area contributed by atoms with Crippen LogP contribution in [0.1, 0.15) is 11.3 Å². The fourth-order valence-electron chi connectivity index (χ4n) is 1.33. The van der Waals surface area contributed by atoms with Gasteiger partial charge in [-0.1, -0.05) is 12.1 Å². The fourth-order valence-corrected chi connectivity index (χ4v) is 1.33. The summed E-state index contributed by atoms with van der Waals surface area (Å²) in [6, 6.07) is 14.4. The smallest absolute Gasteiger partial charge is 0.119 e. The van der Waals surface area contributed by atoms with Crippen molar-refractivity contribution in [2.45, 2.75) is 13.5 Å². The van der Waals surface area contributed by atoms with Gasteiger partial charge in [0.05, 0.1) is 0 Å². The van der Waals surface area contributed by atoms with Gasteiger partial charge < -0.3 is 4.74 Å². The zero-order valence-corrected chi connectivity index (χ0v) is 8.60. The summed E-state index contributed by atoms with van der Waals surface area (Å²) in [4.78, 5) is 4.13. The number of aryl methyl sites for hydroxylation is 1. The van der Waals surface area contributed by atoms with Crippen LogP contribution in [0.5, 0.6) is 5.75 Å². The molecule has 0 atom stereocenters. The predicted octanol–water partition coefficient (Wildman–Crippen LogP) is 2.77. The molecule has 1 radical (unpaired) electrons. The molecular weight excluding hydrogens is 186 g/mol. The summed E-state index contributed by atoms with van der Waals surface area (Å²) < 4.78 is 5.60. The number of pyridine rings is 1. The SMILES string of the molecule is Cc1cc(COc2cc[c]cc2)ccn1. The molecule has 0 fully saturated rings. The molecule has 2 heteroatoms. The summed E-state index contributed by atoms with van der Waals surface area (Å²) in [5.74, 6) is 0.864. The number of benzene rings is 1. The molecule has 1 aromatic heterocycles. The Morgan fingerprint density at radius 2 is 2.07 bits per heavy atom. The molecule has 15 heavy (non-hydrogen) atoms. The molecule has 2 rings (SSSR count). The van der Waals surface area contributed by atoms with E-state index in [-0.39, 0.29) is 0 Å². The van der Waals surface area contributed by atoms with Crippen LogP contribution < -0.4 is 4.74 Å². The summed E-state index contributed by atoms with van der Waals surface area (Å²) in [5, 5.41) is 0. The van der Waals surface area contributed by atoms with Crippen molar-refractivity contribution in [3.05, 3.63) is 59.9 Å². The number of hydrogen-bond acceptors (Lipinski definition) is 2. The number of hydrogen-bond donors (Lipinski definition) is 0. The third-order valence-electron chi connectivity index (χ3n) is 2.05. The molecule has 0 unspecified atom stereocenters. The van der Waals surface area contributed by atoms with Gasteiger partial charge >= 0.3 is 0 Å². The van der Waals surface area contributed by atoms with Crippen molar-refractivity contribution in [1.29, 1.82) is 0 Å². The molecule has 0 N–H and O–H groups in total. The van der Waals surface area contributed by atoms with Crippen molar-refractivity contribution >= 4 is 0 Å². The number of ether oxygens (including phenoxy) is 1. The number of aromatic nitrogens is 1. The van der Waals surface area contributed by atoms with E-state index in [1.807, 2.05) is 43.3 Å². The molecule has 2 aromatic rings. The van der Waals surface area contributed by atoms with Gasteiger partial charge in [0.25, 0.3) is 0 Å². The standard InChI is InChI=1S/C13H12NO/c1-11-9-12(7-8-14-11)10-15-13-5-3-2-4-6-13/h3-9H,10H2,1H3. The maximum Gasteiger partial charge on any atom is 0.119 e. The quantitative estimate of drug-likeness (QED) is 0.756. The van der Waals surface area contributed by atoms with Crippen molar-refractivity contribution in [3.8, 4) is 5.75 Å². The summed E-state index contributed by atoms with van der Waals surface area (Å²) >= 11 is 0. The lowest BCUT2D eigenvalue weighted by Gasteiger charge is -2.05. The van der Waals surface area contributed by atoms with E-state index in [1.165, 1.54) is 0 Å². The molecule has 0 saturated heterocycles. The first-order valence-corrected chi connectivity index (χ1v) is 4.85. The van der Waals surface area contributed by atoms with Crippen LogP contribution in [0, 0.1) is 13.0 Å². The van der Waals surface area contributed by atoms with Crippen molar-refractivity contribution in [2.24, 2.45) is 0 Å². The van der Waals surface area contributed by atoms with E-state index in [1.54, 1.807) is 6.20 Å². The Morgan fingerprint density at radius 3 is 2.80 bits per heavy atom. The molecular formula is C13H12NO. The highest BCUT2D eigenvalue weighted by atomic mass is 16.5. The minimum atomic E-state index is 0.577. The second kappa shape index (κ2) is 4.60. The lowest BCUT2D eigenvalue weighted by molar-refractivity contribution is 0.306. The van der Waals surface area contributed by atoms with E-state index in [4.69, 9.17) is 4.74 Å². The molecule has 0 aliphatic carbocycles.